The van der Waals surface area contributed by atoms with Crippen LogP contribution in [-0.2, 0) is 0 Å². The van der Waals surface area contributed by atoms with Crippen LogP contribution in [-0.4, -0.2) is 5.33 Å². The van der Waals surface area contributed by atoms with E-state index < -0.39 is 0 Å². The van der Waals surface area contributed by atoms with Crippen molar-refractivity contribution in [3.05, 3.63) is 24.3 Å². The largest absolute Gasteiger partial charge is 0.0928 e. The van der Waals surface area contributed by atoms with Crippen molar-refractivity contribution in [1.82, 2.24) is 0 Å². The molecule has 0 bridgehead atoms. The average Bonchev–Trinajstić information content (AvgIpc) is 2.35. The predicted molar refractivity (Wildman–Crippen MR) is 83.9 cm³/mol. The van der Waals surface area contributed by atoms with Crippen molar-refractivity contribution in [3.63, 3.8) is 0 Å². The Morgan fingerprint density at radius 3 is 1.82 bits per heavy atom. The second kappa shape index (κ2) is 16.0. The van der Waals surface area contributed by atoms with Gasteiger partial charge in [-0.1, -0.05) is 85.7 Å². The molecule has 0 fully saturated rings. The molecule has 0 N–H and O–H groups in total. The summed E-state index contributed by atoms with van der Waals surface area (Å²) in [5.41, 5.74) is 0. The number of allylic oxidation sites excluding steroid dienone is 4. The molecule has 0 spiro atoms. The van der Waals surface area contributed by atoms with Gasteiger partial charge < -0.3 is 0 Å². The molecule has 0 rings (SSSR count). The molecule has 0 heterocycles. The zero-order valence-corrected chi connectivity index (χ0v) is 13.1. The molecular weight excluding hydrogens is 272 g/mol. The molecule has 1 heteroatoms. The van der Waals surface area contributed by atoms with Crippen LogP contribution in [0.2, 0.25) is 0 Å². The van der Waals surface area contributed by atoms with Crippen LogP contribution >= 0.6 is 15.9 Å². The van der Waals surface area contributed by atoms with E-state index in [-0.39, 0.29) is 0 Å². The lowest BCUT2D eigenvalue weighted by atomic mass is 10.1. The molecule has 100 valence electrons. The van der Waals surface area contributed by atoms with Crippen molar-refractivity contribution in [3.8, 4) is 0 Å². The van der Waals surface area contributed by atoms with Gasteiger partial charge in [-0.3, -0.25) is 0 Å². The van der Waals surface area contributed by atoms with Crippen molar-refractivity contribution in [1.29, 1.82) is 0 Å². The summed E-state index contributed by atoms with van der Waals surface area (Å²) in [6.45, 7) is 2.24. The fourth-order valence-electron chi connectivity index (χ4n) is 1.74. The molecule has 0 aliphatic rings. The maximum atomic E-state index is 3.47. The first-order chi connectivity index (χ1) is 8.41. The zero-order chi connectivity index (χ0) is 12.6. The van der Waals surface area contributed by atoms with Crippen LogP contribution in [0.1, 0.15) is 71.1 Å². The smallest absolute Gasteiger partial charge is 0.00313 e. The maximum Gasteiger partial charge on any atom is 0.00313 e. The van der Waals surface area contributed by atoms with Gasteiger partial charge in [0, 0.05) is 5.33 Å². The quantitative estimate of drug-likeness (QED) is 0.222. The summed E-state index contributed by atoms with van der Waals surface area (Å²) in [6, 6.07) is 0. The van der Waals surface area contributed by atoms with E-state index >= 15 is 0 Å². The third-order valence-corrected chi connectivity index (χ3v) is 3.42. The van der Waals surface area contributed by atoms with Gasteiger partial charge in [-0.05, 0) is 25.7 Å². The Balaban J connectivity index is 3.11. The minimum absolute atomic E-state index is 1.17. The molecule has 17 heavy (non-hydrogen) atoms. The molecule has 0 atom stereocenters. The summed E-state index contributed by atoms with van der Waals surface area (Å²) in [4.78, 5) is 0. The van der Waals surface area contributed by atoms with E-state index in [4.69, 9.17) is 0 Å². The number of hydrogen-bond donors (Lipinski definition) is 0. The van der Waals surface area contributed by atoms with Crippen molar-refractivity contribution in [2.45, 2.75) is 71.1 Å². The van der Waals surface area contributed by atoms with Crippen LogP contribution in [0.3, 0.4) is 0 Å². The topological polar surface area (TPSA) is 0 Å². The second-order valence-corrected chi connectivity index (χ2v) is 5.39. The van der Waals surface area contributed by atoms with Crippen LogP contribution < -0.4 is 0 Å². The third kappa shape index (κ3) is 16.0. The van der Waals surface area contributed by atoms with Gasteiger partial charge in [0.1, 0.15) is 0 Å². The van der Waals surface area contributed by atoms with E-state index in [1.54, 1.807) is 0 Å². The molecule has 0 aliphatic heterocycles. The predicted octanol–water partition coefficient (Wildman–Crippen LogP) is 6.41. The first-order valence-electron chi connectivity index (χ1n) is 7.29. The van der Waals surface area contributed by atoms with Crippen molar-refractivity contribution >= 4 is 15.9 Å². The lowest BCUT2D eigenvalue weighted by Crippen LogP contribution is -1.79. The molecular formula is C16H29Br. The van der Waals surface area contributed by atoms with Gasteiger partial charge in [0.15, 0.2) is 0 Å². The van der Waals surface area contributed by atoms with E-state index in [1.165, 1.54) is 69.5 Å². The Bertz CT molecular complexity index is 182. The van der Waals surface area contributed by atoms with Crippen molar-refractivity contribution < 1.29 is 0 Å². The molecule has 0 aliphatic carbocycles. The standard InChI is InChI=1S/C16H29Br/c1-2-3-4-5-6-7-8-9-10-11-12-13-14-15-16-17/h5-8H,2-4,9-16H2,1H3/b6-5+,8-7+. The first kappa shape index (κ1) is 17.0. The van der Waals surface area contributed by atoms with Gasteiger partial charge in [0.25, 0.3) is 0 Å². The summed E-state index contributed by atoms with van der Waals surface area (Å²) in [5.74, 6) is 0. The Morgan fingerprint density at radius 1 is 0.706 bits per heavy atom. The monoisotopic (exact) mass is 300 g/mol. The first-order valence-corrected chi connectivity index (χ1v) is 8.41. The molecule has 0 nitrogen and oxygen atoms in total. The SMILES string of the molecule is CCCC/C=C/C=C/CCCCCCCCBr. The van der Waals surface area contributed by atoms with Gasteiger partial charge >= 0.3 is 0 Å². The summed E-state index contributed by atoms with van der Waals surface area (Å²) in [5, 5.41) is 1.17. The summed E-state index contributed by atoms with van der Waals surface area (Å²) >= 11 is 3.47. The van der Waals surface area contributed by atoms with Gasteiger partial charge in [-0.25, -0.2) is 0 Å². The Hall–Kier alpha value is -0.0400. The second-order valence-electron chi connectivity index (χ2n) is 4.60. The van der Waals surface area contributed by atoms with Gasteiger partial charge in [-0.15, -0.1) is 0 Å². The highest BCUT2D eigenvalue weighted by molar-refractivity contribution is 9.09. The van der Waals surface area contributed by atoms with Crippen LogP contribution in [0.25, 0.3) is 0 Å². The number of unbranched alkanes of at least 4 members (excludes halogenated alkanes) is 8. The van der Waals surface area contributed by atoms with Gasteiger partial charge in [0.2, 0.25) is 0 Å². The molecule has 0 saturated carbocycles. The third-order valence-electron chi connectivity index (χ3n) is 2.86. The lowest BCUT2D eigenvalue weighted by Gasteiger charge is -1.98. The number of rotatable bonds is 12. The number of hydrogen-bond acceptors (Lipinski definition) is 0. The Morgan fingerprint density at radius 2 is 1.24 bits per heavy atom. The lowest BCUT2D eigenvalue weighted by molar-refractivity contribution is 0.614. The number of alkyl halides is 1. The fraction of sp³-hybridized carbons (Fsp3) is 0.750. The molecule has 0 aromatic heterocycles. The minimum Gasteiger partial charge on any atom is -0.0928 e. The molecule has 0 radical (unpaired) electrons. The molecule has 0 aromatic rings. The summed E-state index contributed by atoms with van der Waals surface area (Å²) < 4.78 is 0. The van der Waals surface area contributed by atoms with E-state index in [0.29, 0.717) is 0 Å². The average molecular weight is 301 g/mol. The van der Waals surface area contributed by atoms with Crippen molar-refractivity contribution in [2.24, 2.45) is 0 Å². The van der Waals surface area contributed by atoms with E-state index in [9.17, 15) is 0 Å². The molecule has 0 unspecified atom stereocenters. The maximum absolute atomic E-state index is 3.47. The van der Waals surface area contributed by atoms with Crippen LogP contribution in [0.15, 0.2) is 24.3 Å². The van der Waals surface area contributed by atoms with Crippen LogP contribution in [0.4, 0.5) is 0 Å². The number of halogens is 1. The highest BCUT2D eigenvalue weighted by Gasteiger charge is 1.89. The van der Waals surface area contributed by atoms with Crippen LogP contribution in [0.5, 0.6) is 0 Å². The fourth-order valence-corrected chi connectivity index (χ4v) is 2.13. The molecule has 0 amide bonds. The summed E-state index contributed by atoms with van der Waals surface area (Å²) in [7, 11) is 0. The molecule has 0 saturated heterocycles. The van der Waals surface area contributed by atoms with Crippen molar-refractivity contribution in [2.75, 3.05) is 5.33 Å². The van der Waals surface area contributed by atoms with Gasteiger partial charge in [0.05, 0.1) is 0 Å². The van der Waals surface area contributed by atoms with E-state index in [2.05, 4.69) is 47.2 Å². The van der Waals surface area contributed by atoms with E-state index in [1.807, 2.05) is 0 Å². The normalized spacial score (nSPS) is 11.9. The Kier molecular flexibility index (Phi) is 15.9. The zero-order valence-electron chi connectivity index (χ0n) is 11.5. The van der Waals surface area contributed by atoms with Gasteiger partial charge in [-0.2, -0.15) is 0 Å². The highest BCUT2D eigenvalue weighted by Crippen LogP contribution is 2.08. The highest BCUT2D eigenvalue weighted by atomic mass is 79.9. The Labute approximate surface area is 117 Å². The van der Waals surface area contributed by atoms with E-state index in [0.717, 1.165) is 0 Å². The van der Waals surface area contributed by atoms with Crippen LogP contribution in [0, 0.1) is 0 Å². The minimum atomic E-state index is 1.17. The molecule has 0 aromatic carbocycles. The summed E-state index contributed by atoms with van der Waals surface area (Å²) in [6.07, 6.45) is 22.4.